The van der Waals surface area contributed by atoms with Gasteiger partial charge in [-0.2, -0.15) is 39.5 Å². The first-order valence-corrected chi connectivity index (χ1v) is 11.8. The topological polar surface area (TPSA) is 62.7 Å². The van der Waals surface area contributed by atoms with Gasteiger partial charge in [-0.15, -0.1) is 0 Å². The van der Waals surface area contributed by atoms with Crippen LogP contribution in [0.4, 0.5) is 50.0 Å². The normalized spacial score (nSPS) is 18.0. The molecule has 3 rings (SSSR count). The van der Waals surface area contributed by atoms with Crippen molar-refractivity contribution in [2.24, 2.45) is 0 Å². The number of aromatic nitrogens is 1. The monoisotopic (exact) mass is 585 g/mol. The molecule has 0 fully saturated rings. The summed E-state index contributed by atoms with van der Waals surface area (Å²) >= 11 is 0. The number of pyridine rings is 1. The van der Waals surface area contributed by atoms with E-state index in [0.717, 1.165) is 22.8 Å². The molecular formula is C25H24F9N3O3. The quantitative estimate of drug-likeness (QED) is 0.352. The second-order valence-electron chi connectivity index (χ2n) is 9.56. The molecule has 1 aliphatic rings. The number of rotatable bonds is 4. The third-order valence-corrected chi connectivity index (χ3v) is 6.09. The van der Waals surface area contributed by atoms with E-state index in [1.165, 1.54) is 6.92 Å². The van der Waals surface area contributed by atoms with Crippen molar-refractivity contribution in [2.75, 3.05) is 4.90 Å². The fraction of sp³-hybridized carbons (Fsp3) is 0.480. The van der Waals surface area contributed by atoms with E-state index in [9.17, 15) is 49.1 Å². The minimum Gasteiger partial charge on any atom is -0.446 e. The number of amides is 2. The maximum absolute atomic E-state index is 13.5. The number of halogens is 9. The van der Waals surface area contributed by atoms with Crippen LogP contribution in [0.25, 0.3) is 0 Å². The van der Waals surface area contributed by atoms with E-state index in [1.807, 2.05) is 0 Å². The Labute approximate surface area is 222 Å². The van der Waals surface area contributed by atoms with Gasteiger partial charge in [0.15, 0.2) is 0 Å². The summed E-state index contributed by atoms with van der Waals surface area (Å²) < 4.78 is 126. The zero-order valence-corrected chi connectivity index (χ0v) is 21.5. The largest absolute Gasteiger partial charge is 0.446 e. The van der Waals surface area contributed by atoms with Crippen molar-refractivity contribution < 1.29 is 53.8 Å². The molecule has 0 N–H and O–H groups in total. The van der Waals surface area contributed by atoms with Crippen molar-refractivity contribution in [3.05, 3.63) is 58.4 Å². The first-order chi connectivity index (χ1) is 18.2. The highest BCUT2D eigenvalue weighted by Crippen LogP contribution is 2.43. The lowest BCUT2D eigenvalue weighted by molar-refractivity contribution is -0.143. The van der Waals surface area contributed by atoms with E-state index in [0.29, 0.717) is 18.2 Å². The lowest BCUT2D eigenvalue weighted by Gasteiger charge is -2.42. The standard InChI is InChI=1S/C25H24F9N3O3/c1-12(2)40-22(39)37-13(3)7-19(21-18(37)5-6-20(35-21)25(32,33)34)36(14(4)38)11-15-8-16(23(26,27)28)10-17(9-15)24(29,30)31/h5-6,8-10,12-13,19H,7,11H2,1-4H3/t13-,19+/m0/s1. The Morgan fingerprint density at radius 3 is 1.98 bits per heavy atom. The van der Waals surface area contributed by atoms with Crippen LogP contribution in [0.15, 0.2) is 30.3 Å². The van der Waals surface area contributed by atoms with Crippen molar-refractivity contribution in [1.82, 2.24) is 9.88 Å². The number of fused-ring (bicyclic) bond motifs is 1. The summed E-state index contributed by atoms with van der Waals surface area (Å²) in [7, 11) is 0. The molecule has 1 aromatic carbocycles. The van der Waals surface area contributed by atoms with Crippen molar-refractivity contribution >= 4 is 17.7 Å². The van der Waals surface area contributed by atoms with E-state index in [-0.39, 0.29) is 18.2 Å². The molecular weight excluding hydrogens is 561 g/mol. The molecule has 6 nitrogen and oxygen atoms in total. The Bertz CT molecular complexity index is 1240. The molecule has 15 heteroatoms. The van der Waals surface area contributed by atoms with Crippen LogP contribution in [0.3, 0.4) is 0 Å². The zero-order chi connectivity index (χ0) is 30.4. The summed E-state index contributed by atoms with van der Waals surface area (Å²) in [4.78, 5) is 31.0. The van der Waals surface area contributed by atoms with E-state index in [4.69, 9.17) is 4.74 Å². The predicted molar refractivity (Wildman–Crippen MR) is 123 cm³/mol. The van der Waals surface area contributed by atoms with Gasteiger partial charge < -0.3 is 9.64 Å². The lowest BCUT2D eigenvalue weighted by Crippen LogP contribution is -2.48. The minimum absolute atomic E-state index is 0.0744. The fourth-order valence-corrected chi connectivity index (χ4v) is 4.41. The van der Waals surface area contributed by atoms with Crippen LogP contribution in [-0.2, 0) is 34.6 Å². The number of hydrogen-bond donors (Lipinski definition) is 0. The Morgan fingerprint density at radius 1 is 0.975 bits per heavy atom. The van der Waals surface area contributed by atoms with Crippen molar-refractivity contribution in [2.45, 2.75) is 77.4 Å². The van der Waals surface area contributed by atoms with Crippen LogP contribution in [0.5, 0.6) is 0 Å². The number of nitrogens with zero attached hydrogens (tertiary/aromatic N) is 3. The number of alkyl halides is 9. The van der Waals surface area contributed by atoms with Gasteiger partial charge in [0.25, 0.3) is 0 Å². The number of ether oxygens (including phenoxy) is 1. The molecule has 0 aliphatic carbocycles. The van der Waals surface area contributed by atoms with Gasteiger partial charge in [0.05, 0.1) is 34.7 Å². The average Bonchev–Trinajstić information content (AvgIpc) is 2.79. The van der Waals surface area contributed by atoms with Crippen LogP contribution in [0.1, 0.15) is 68.2 Å². The molecule has 2 amide bonds. The number of anilines is 1. The first-order valence-electron chi connectivity index (χ1n) is 11.8. The SMILES string of the molecule is CC(=O)N(Cc1cc(C(F)(F)F)cc(C(F)(F)F)c1)[C@@H]1C[C@H](C)N(C(=O)OC(C)C)c2ccc(C(F)(F)F)nc21. The molecule has 220 valence electrons. The van der Waals surface area contributed by atoms with Gasteiger partial charge in [0, 0.05) is 19.5 Å². The van der Waals surface area contributed by atoms with Gasteiger partial charge in [0.2, 0.25) is 5.91 Å². The molecule has 1 aromatic heterocycles. The Morgan fingerprint density at radius 2 is 1.52 bits per heavy atom. The molecule has 1 aliphatic heterocycles. The third kappa shape index (κ3) is 6.78. The maximum Gasteiger partial charge on any atom is 0.433 e. The van der Waals surface area contributed by atoms with E-state index < -0.39 is 83.3 Å². The molecule has 2 heterocycles. The Balaban J connectivity index is 2.17. The molecule has 0 spiro atoms. The van der Waals surface area contributed by atoms with Crippen LogP contribution < -0.4 is 4.90 Å². The van der Waals surface area contributed by atoms with Crippen molar-refractivity contribution in [3.8, 4) is 0 Å². The summed E-state index contributed by atoms with van der Waals surface area (Å²) in [5.41, 5.74) is -5.71. The number of carbonyl (C=O) groups excluding carboxylic acids is 2. The van der Waals surface area contributed by atoms with Crippen LogP contribution in [-0.4, -0.2) is 34.0 Å². The van der Waals surface area contributed by atoms with Crippen molar-refractivity contribution in [1.29, 1.82) is 0 Å². The van der Waals surface area contributed by atoms with E-state index in [2.05, 4.69) is 4.98 Å². The number of carbonyl (C=O) groups is 2. The zero-order valence-electron chi connectivity index (χ0n) is 21.5. The molecule has 0 saturated carbocycles. The van der Waals surface area contributed by atoms with Gasteiger partial charge in [-0.05, 0) is 63.1 Å². The van der Waals surface area contributed by atoms with Crippen LogP contribution >= 0.6 is 0 Å². The molecule has 40 heavy (non-hydrogen) atoms. The maximum atomic E-state index is 13.5. The molecule has 0 unspecified atom stereocenters. The van der Waals surface area contributed by atoms with Gasteiger partial charge >= 0.3 is 24.6 Å². The van der Waals surface area contributed by atoms with Crippen molar-refractivity contribution in [3.63, 3.8) is 0 Å². The second kappa shape index (κ2) is 10.8. The highest BCUT2D eigenvalue weighted by atomic mass is 19.4. The van der Waals surface area contributed by atoms with Gasteiger partial charge in [0.1, 0.15) is 5.69 Å². The molecule has 2 aromatic rings. The minimum atomic E-state index is -5.15. The summed E-state index contributed by atoms with van der Waals surface area (Å²) in [6.45, 7) is 4.74. The summed E-state index contributed by atoms with van der Waals surface area (Å²) in [5.74, 6) is -0.855. The Kier molecular flexibility index (Phi) is 8.38. The Hall–Kier alpha value is -3.52. The summed E-state index contributed by atoms with van der Waals surface area (Å²) in [5, 5.41) is 0. The lowest BCUT2D eigenvalue weighted by atomic mass is 9.93. The summed E-state index contributed by atoms with van der Waals surface area (Å²) in [6.07, 6.45) is -17.0. The second-order valence-corrected chi connectivity index (χ2v) is 9.56. The predicted octanol–water partition coefficient (Wildman–Crippen LogP) is 7.37. The molecule has 0 saturated heterocycles. The number of benzene rings is 1. The van der Waals surface area contributed by atoms with Crippen LogP contribution in [0, 0.1) is 0 Å². The smallest absolute Gasteiger partial charge is 0.433 e. The first kappa shape index (κ1) is 31.0. The number of hydrogen-bond acceptors (Lipinski definition) is 4. The third-order valence-electron chi connectivity index (χ3n) is 6.09. The highest BCUT2D eigenvalue weighted by molar-refractivity contribution is 5.90. The van der Waals surface area contributed by atoms with Crippen LogP contribution in [0.2, 0.25) is 0 Å². The summed E-state index contributed by atoms with van der Waals surface area (Å²) in [6, 6.07) is 0.223. The van der Waals surface area contributed by atoms with E-state index >= 15 is 0 Å². The molecule has 0 radical (unpaired) electrons. The van der Waals surface area contributed by atoms with Gasteiger partial charge in [-0.3, -0.25) is 9.69 Å². The average molecular weight is 585 g/mol. The fourth-order valence-electron chi connectivity index (χ4n) is 4.41. The van der Waals surface area contributed by atoms with Gasteiger partial charge in [-0.25, -0.2) is 9.78 Å². The van der Waals surface area contributed by atoms with Gasteiger partial charge in [-0.1, -0.05) is 0 Å². The molecule has 2 atom stereocenters. The van der Waals surface area contributed by atoms with E-state index in [1.54, 1.807) is 13.8 Å². The molecule has 0 bridgehead atoms. The highest BCUT2D eigenvalue weighted by Gasteiger charge is 2.43.